The number of anilines is 1. The maximum Gasteiger partial charge on any atom is 0.137 e. The molecule has 1 N–H and O–H groups in total. The van der Waals surface area contributed by atoms with Crippen molar-refractivity contribution in [1.82, 2.24) is 5.32 Å². The highest BCUT2D eigenvalue weighted by Gasteiger charge is 2.23. The molecule has 0 radical (unpaired) electrons. The summed E-state index contributed by atoms with van der Waals surface area (Å²) in [5.41, 5.74) is 1.09. The van der Waals surface area contributed by atoms with Gasteiger partial charge in [-0.25, -0.2) is 4.39 Å². The largest absolute Gasteiger partial charge is 0.370 e. The Morgan fingerprint density at radius 2 is 2.24 bits per heavy atom. The molecule has 0 aliphatic carbocycles. The van der Waals surface area contributed by atoms with E-state index in [4.69, 9.17) is 0 Å². The van der Waals surface area contributed by atoms with Gasteiger partial charge in [-0.15, -0.1) is 0 Å². The maximum atomic E-state index is 13.2. The summed E-state index contributed by atoms with van der Waals surface area (Å²) in [6.07, 6.45) is 1.15. The summed E-state index contributed by atoms with van der Waals surface area (Å²) >= 11 is 3.23. The predicted octanol–water partition coefficient (Wildman–Crippen LogP) is 3.16. The van der Waals surface area contributed by atoms with Crippen molar-refractivity contribution in [3.05, 3.63) is 28.5 Å². The van der Waals surface area contributed by atoms with Gasteiger partial charge in [-0.3, -0.25) is 0 Å². The average molecular weight is 301 g/mol. The molecule has 1 aromatic carbocycles. The molecule has 1 fully saturated rings. The minimum atomic E-state index is -0.204. The molecule has 0 amide bonds. The summed E-state index contributed by atoms with van der Waals surface area (Å²) in [4.78, 5) is 2.30. The molecule has 0 saturated carbocycles. The lowest BCUT2D eigenvalue weighted by Gasteiger charge is -2.20. The number of hydrogen-bond acceptors (Lipinski definition) is 2. The van der Waals surface area contributed by atoms with Crippen LogP contribution in [0.4, 0.5) is 10.1 Å². The molecular formula is C13H18BrFN2. The second kappa shape index (κ2) is 5.36. The van der Waals surface area contributed by atoms with Crippen LogP contribution in [0.25, 0.3) is 0 Å². The molecular weight excluding hydrogens is 283 g/mol. The Hall–Kier alpha value is -0.610. The van der Waals surface area contributed by atoms with Gasteiger partial charge in [0.05, 0.1) is 4.47 Å². The lowest BCUT2D eigenvalue weighted by molar-refractivity contribution is 0.492. The standard InChI is InChI=1S/C13H18BrFN2/c1-9(2)16-10-5-6-17(8-10)11-3-4-13(15)12(14)7-11/h3-4,7,9-10,16H,5-6,8H2,1-2H3. The van der Waals surface area contributed by atoms with E-state index in [9.17, 15) is 4.39 Å². The van der Waals surface area contributed by atoms with E-state index in [1.807, 2.05) is 12.1 Å². The zero-order valence-corrected chi connectivity index (χ0v) is 11.8. The van der Waals surface area contributed by atoms with Crippen molar-refractivity contribution in [2.24, 2.45) is 0 Å². The fourth-order valence-corrected chi connectivity index (χ4v) is 2.65. The summed E-state index contributed by atoms with van der Waals surface area (Å²) < 4.78 is 13.7. The topological polar surface area (TPSA) is 15.3 Å². The molecule has 1 aliphatic rings. The first-order valence-electron chi connectivity index (χ1n) is 6.02. The third kappa shape index (κ3) is 3.19. The molecule has 0 spiro atoms. The fraction of sp³-hybridized carbons (Fsp3) is 0.538. The molecule has 0 aromatic heterocycles. The van der Waals surface area contributed by atoms with Gasteiger partial charge in [0.1, 0.15) is 5.82 Å². The van der Waals surface area contributed by atoms with Gasteiger partial charge in [0, 0.05) is 30.9 Å². The second-order valence-corrected chi connectivity index (χ2v) is 5.71. The molecule has 2 nitrogen and oxygen atoms in total. The van der Waals surface area contributed by atoms with E-state index in [0.29, 0.717) is 16.6 Å². The molecule has 1 saturated heterocycles. The van der Waals surface area contributed by atoms with Gasteiger partial charge in [0.15, 0.2) is 0 Å². The number of hydrogen-bond donors (Lipinski definition) is 1. The summed E-state index contributed by atoms with van der Waals surface area (Å²) in [5.74, 6) is -0.204. The second-order valence-electron chi connectivity index (χ2n) is 4.85. The Bertz CT molecular complexity index is 395. The van der Waals surface area contributed by atoms with Gasteiger partial charge >= 0.3 is 0 Å². The normalized spacial score (nSPS) is 20.3. The van der Waals surface area contributed by atoms with Crippen molar-refractivity contribution in [1.29, 1.82) is 0 Å². The molecule has 94 valence electrons. The molecule has 17 heavy (non-hydrogen) atoms. The first-order valence-corrected chi connectivity index (χ1v) is 6.81. The van der Waals surface area contributed by atoms with E-state index in [1.165, 1.54) is 6.07 Å². The van der Waals surface area contributed by atoms with Crippen LogP contribution in [0.15, 0.2) is 22.7 Å². The Kier molecular flexibility index (Phi) is 4.05. The molecule has 1 atom stereocenters. The van der Waals surface area contributed by atoms with Crippen LogP contribution < -0.4 is 10.2 Å². The lowest BCUT2D eigenvalue weighted by Crippen LogP contribution is -2.37. The van der Waals surface area contributed by atoms with Crippen LogP contribution in [-0.4, -0.2) is 25.2 Å². The Morgan fingerprint density at radius 1 is 1.47 bits per heavy atom. The van der Waals surface area contributed by atoms with Crippen LogP contribution in [0.2, 0.25) is 0 Å². The van der Waals surface area contributed by atoms with Crippen molar-refractivity contribution in [3.8, 4) is 0 Å². The van der Waals surface area contributed by atoms with Crippen LogP contribution in [0.1, 0.15) is 20.3 Å². The van der Waals surface area contributed by atoms with Crippen molar-refractivity contribution < 1.29 is 4.39 Å². The van der Waals surface area contributed by atoms with Gasteiger partial charge in [-0.1, -0.05) is 13.8 Å². The molecule has 1 heterocycles. The molecule has 4 heteroatoms. The summed E-state index contributed by atoms with van der Waals surface area (Å²) in [7, 11) is 0. The highest BCUT2D eigenvalue weighted by molar-refractivity contribution is 9.10. The van der Waals surface area contributed by atoms with E-state index in [-0.39, 0.29) is 5.82 Å². The predicted molar refractivity (Wildman–Crippen MR) is 73.0 cm³/mol. The minimum Gasteiger partial charge on any atom is -0.370 e. The molecule has 1 unspecified atom stereocenters. The van der Waals surface area contributed by atoms with Gasteiger partial charge in [-0.2, -0.15) is 0 Å². The van der Waals surface area contributed by atoms with Gasteiger partial charge in [-0.05, 0) is 40.5 Å². The van der Waals surface area contributed by atoms with Crippen molar-refractivity contribution in [2.45, 2.75) is 32.4 Å². The van der Waals surface area contributed by atoms with E-state index in [1.54, 1.807) is 0 Å². The van der Waals surface area contributed by atoms with Gasteiger partial charge in [0.2, 0.25) is 0 Å². The number of benzene rings is 1. The first-order chi connectivity index (χ1) is 8.06. The lowest BCUT2D eigenvalue weighted by atomic mass is 10.2. The SMILES string of the molecule is CC(C)NC1CCN(c2ccc(F)c(Br)c2)C1. The van der Waals surface area contributed by atoms with E-state index >= 15 is 0 Å². The van der Waals surface area contributed by atoms with Crippen LogP contribution in [0.3, 0.4) is 0 Å². The molecule has 1 aliphatic heterocycles. The van der Waals surface area contributed by atoms with E-state index in [2.05, 4.69) is 40.0 Å². The zero-order valence-electron chi connectivity index (χ0n) is 10.2. The van der Waals surface area contributed by atoms with Crippen molar-refractivity contribution in [3.63, 3.8) is 0 Å². The van der Waals surface area contributed by atoms with Crippen LogP contribution >= 0.6 is 15.9 Å². The summed E-state index contributed by atoms with van der Waals surface area (Å²) in [6, 6.07) is 6.27. The Balaban J connectivity index is 2.02. The van der Waals surface area contributed by atoms with Crippen molar-refractivity contribution in [2.75, 3.05) is 18.0 Å². The number of nitrogens with one attached hydrogen (secondary N) is 1. The van der Waals surface area contributed by atoms with Crippen LogP contribution in [0.5, 0.6) is 0 Å². The highest BCUT2D eigenvalue weighted by Crippen LogP contribution is 2.25. The Morgan fingerprint density at radius 3 is 2.88 bits per heavy atom. The van der Waals surface area contributed by atoms with E-state index in [0.717, 1.165) is 25.2 Å². The quantitative estimate of drug-likeness (QED) is 0.922. The zero-order chi connectivity index (χ0) is 12.4. The number of halogens is 2. The minimum absolute atomic E-state index is 0.204. The third-order valence-electron chi connectivity index (χ3n) is 3.03. The average Bonchev–Trinajstić information content (AvgIpc) is 2.69. The fourth-order valence-electron chi connectivity index (χ4n) is 2.28. The molecule has 1 aromatic rings. The third-order valence-corrected chi connectivity index (χ3v) is 3.63. The van der Waals surface area contributed by atoms with Crippen LogP contribution in [0, 0.1) is 5.82 Å². The van der Waals surface area contributed by atoms with Crippen molar-refractivity contribution >= 4 is 21.6 Å². The van der Waals surface area contributed by atoms with E-state index < -0.39 is 0 Å². The number of nitrogens with zero attached hydrogens (tertiary/aromatic N) is 1. The smallest absolute Gasteiger partial charge is 0.137 e. The highest BCUT2D eigenvalue weighted by atomic mass is 79.9. The summed E-state index contributed by atoms with van der Waals surface area (Å²) in [6.45, 7) is 6.35. The monoisotopic (exact) mass is 300 g/mol. The molecule has 0 bridgehead atoms. The first kappa shape index (κ1) is 12.8. The number of rotatable bonds is 3. The summed E-state index contributed by atoms with van der Waals surface area (Å²) in [5, 5.41) is 3.54. The molecule has 2 rings (SSSR count). The van der Waals surface area contributed by atoms with Crippen LogP contribution in [-0.2, 0) is 0 Å². The van der Waals surface area contributed by atoms with Gasteiger partial charge in [0.25, 0.3) is 0 Å². The maximum absolute atomic E-state index is 13.2. The Labute approximate surface area is 110 Å². The van der Waals surface area contributed by atoms with Gasteiger partial charge < -0.3 is 10.2 Å².